The Labute approximate surface area is 176 Å². The van der Waals surface area contributed by atoms with E-state index in [0.29, 0.717) is 23.8 Å². The zero-order valence-electron chi connectivity index (χ0n) is 16.6. The van der Waals surface area contributed by atoms with Crippen LogP contribution < -0.4 is 0 Å². The minimum Gasteiger partial charge on any atom is -0.462 e. The minimum atomic E-state index is -0.372. The van der Waals surface area contributed by atoms with Crippen molar-refractivity contribution < 1.29 is 9.53 Å². The Kier molecular flexibility index (Phi) is 4.68. The van der Waals surface area contributed by atoms with E-state index in [2.05, 4.69) is 20.6 Å². The smallest absolute Gasteiger partial charge is 0.338 e. The van der Waals surface area contributed by atoms with Crippen molar-refractivity contribution in [1.82, 2.24) is 30.0 Å². The molecule has 3 aromatic carbocycles. The Morgan fingerprint density at radius 2 is 1.39 bits per heavy atom. The number of hydrogen-bond acceptors (Lipinski definition) is 7. The molecular weight excluding hydrogens is 394 g/mol. The molecular formula is C22H17N7O2. The monoisotopic (exact) mass is 411 g/mol. The van der Waals surface area contributed by atoms with Gasteiger partial charge in [-0.2, -0.15) is 9.36 Å². The van der Waals surface area contributed by atoms with Crippen molar-refractivity contribution in [2.45, 2.75) is 6.92 Å². The SMILES string of the molecule is CCOC(=O)c1ccc(N=C(n2nnc3ccccc32)n2nnc3ccccc32)cc1. The molecule has 0 aliphatic heterocycles. The van der Waals surface area contributed by atoms with Crippen LogP contribution in [0.5, 0.6) is 0 Å². The molecule has 5 aromatic rings. The number of esters is 1. The highest BCUT2D eigenvalue weighted by Crippen LogP contribution is 2.19. The molecule has 0 unspecified atom stereocenters. The number of hydrogen-bond donors (Lipinski definition) is 0. The second-order valence-electron chi connectivity index (χ2n) is 6.66. The first-order chi connectivity index (χ1) is 15.2. The third-order valence-corrected chi connectivity index (χ3v) is 4.69. The number of rotatable bonds is 3. The van der Waals surface area contributed by atoms with Gasteiger partial charge in [0.2, 0.25) is 0 Å². The van der Waals surface area contributed by atoms with Crippen LogP contribution >= 0.6 is 0 Å². The van der Waals surface area contributed by atoms with Crippen LogP contribution in [-0.2, 0) is 4.74 Å². The first-order valence-corrected chi connectivity index (χ1v) is 9.72. The molecule has 0 N–H and O–H groups in total. The van der Waals surface area contributed by atoms with Gasteiger partial charge < -0.3 is 4.74 Å². The molecule has 0 saturated carbocycles. The zero-order valence-corrected chi connectivity index (χ0v) is 16.6. The fourth-order valence-electron chi connectivity index (χ4n) is 3.22. The molecule has 152 valence electrons. The Balaban J connectivity index is 1.66. The fraction of sp³-hybridized carbons (Fsp3) is 0.0909. The zero-order chi connectivity index (χ0) is 21.2. The Morgan fingerprint density at radius 1 is 0.839 bits per heavy atom. The maximum absolute atomic E-state index is 11.9. The number of aromatic nitrogens is 6. The number of carbonyl (C=O) groups excluding carboxylic acids is 1. The molecule has 2 heterocycles. The molecule has 31 heavy (non-hydrogen) atoms. The van der Waals surface area contributed by atoms with E-state index in [1.165, 1.54) is 0 Å². The Hall–Kier alpha value is -4.40. The number of carbonyl (C=O) groups is 1. The van der Waals surface area contributed by atoms with Crippen molar-refractivity contribution in [2.24, 2.45) is 4.99 Å². The largest absolute Gasteiger partial charge is 0.462 e. The molecule has 0 amide bonds. The summed E-state index contributed by atoms with van der Waals surface area (Å²) in [5, 5.41) is 17.1. The first-order valence-electron chi connectivity index (χ1n) is 9.72. The molecule has 0 fully saturated rings. The number of benzene rings is 3. The average molecular weight is 411 g/mol. The van der Waals surface area contributed by atoms with Crippen LogP contribution in [0.4, 0.5) is 5.69 Å². The quantitative estimate of drug-likeness (QED) is 0.256. The van der Waals surface area contributed by atoms with E-state index in [4.69, 9.17) is 9.73 Å². The summed E-state index contributed by atoms with van der Waals surface area (Å²) in [6.07, 6.45) is 0. The van der Waals surface area contributed by atoms with Gasteiger partial charge in [0.05, 0.1) is 28.9 Å². The van der Waals surface area contributed by atoms with E-state index in [9.17, 15) is 4.79 Å². The summed E-state index contributed by atoms with van der Waals surface area (Å²) >= 11 is 0. The predicted molar refractivity (Wildman–Crippen MR) is 115 cm³/mol. The van der Waals surface area contributed by atoms with E-state index in [1.54, 1.807) is 40.6 Å². The van der Waals surface area contributed by atoms with Crippen molar-refractivity contribution in [1.29, 1.82) is 0 Å². The lowest BCUT2D eigenvalue weighted by molar-refractivity contribution is 0.0526. The highest BCUT2D eigenvalue weighted by molar-refractivity contribution is 5.97. The van der Waals surface area contributed by atoms with E-state index in [0.717, 1.165) is 22.1 Å². The molecule has 9 nitrogen and oxygen atoms in total. The summed E-state index contributed by atoms with van der Waals surface area (Å²) in [5.74, 6) is 0.0362. The van der Waals surface area contributed by atoms with Gasteiger partial charge in [-0.05, 0) is 55.5 Å². The van der Waals surface area contributed by atoms with Gasteiger partial charge in [-0.3, -0.25) is 0 Å². The standard InChI is InChI=1S/C22H17N7O2/c1-2-31-21(30)15-11-13-16(14-12-15)23-22(28-19-9-5-3-7-17(19)24-26-28)29-20-10-6-4-8-18(20)25-27-29/h3-14H,2H2,1H3. The molecule has 9 heteroatoms. The maximum Gasteiger partial charge on any atom is 0.338 e. The first kappa shape index (κ1) is 18.6. The molecule has 0 aliphatic rings. The number of ether oxygens (including phenoxy) is 1. The van der Waals surface area contributed by atoms with Crippen LogP contribution in [0.3, 0.4) is 0 Å². The van der Waals surface area contributed by atoms with Crippen LogP contribution in [0, 0.1) is 0 Å². The fourth-order valence-corrected chi connectivity index (χ4v) is 3.22. The van der Waals surface area contributed by atoms with E-state index >= 15 is 0 Å². The number of fused-ring (bicyclic) bond motifs is 2. The van der Waals surface area contributed by atoms with Gasteiger partial charge in [-0.1, -0.05) is 34.7 Å². The minimum absolute atomic E-state index is 0.321. The van der Waals surface area contributed by atoms with Crippen LogP contribution in [0.2, 0.25) is 0 Å². The van der Waals surface area contributed by atoms with Gasteiger partial charge in [0, 0.05) is 0 Å². The number of aliphatic imine (C=N–C) groups is 1. The second-order valence-corrected chi connectivity index (χ2v) is 6.66. The number of para-hydroxylation sites is 2. The van der Waals surface area contributed by atoms with Crippen LogP contribution in [-0.4, -0.2) is 48.5 Å². The molecule has 0 saturated heterocycles. The molecule has 0 atom stereocenters. The van der Waals surface area contributed by atoms with Gasteiger partial charge in [0.15, 0.2) is 0 Å². The van der Waals surface area contributed by atoms with Crippen molar-refractivity contribution >= 4 is 39.7 Å². The van der Waals surface area contributed by atoms with Gasteiger partial charge >= 0.3 is 5.97 Å². The summed E-state index contributed by atoms with van der Waals surface area (Å²) < 4.78 is 8.29. The van der Waals surface area contributed by atoms with E-state index < -0.39 is 0 Å². The van der Waals surface area contributed by atoms with Crippen molar-refractivity contribution in [3.8, 4) is 0 Å². The van der Waals surface area contributed by atoms with E-state index in [-0.39, 0.29) is 5.97 Å². The number of nitrogens with zero attached hydrogens (tertiary/aromatic N) is 7. The summed E-state index contributed by atoms with van der Waals surface area (Å²) in [7, 11) is 0. The van der Waals surface area contributed by atoms with Crippen LogP contribution in [0.15, 0.2) is 77.8 Å². The van der Waals surface area contributed by atoms with Gasteiger partial charge in [-0.15, -0.1) is 10.2 Å². The summed E-state index contributed by atoms with van der Waals surface area (Å²) in [6.45, 7) is 2.09. The topological polar surface area (TPSA) is 100 Å². The van der Waals surface area contributed by atoms with Crippen molar-refractivity contribution in [3.63, 3.8) is 0 Å². The molecule has 5 rings (SSSR count). The molecule has 0 radical (unpaired) electrons. The Morgan fingerprint density at radius 3 is 1.94 bits per heavy atom. The lowest BCUT2D eigenvalue weighted by atomic mass is 10.2. The molecule has 0 bridgehead atoms. The summed E-state index contributed by atoms with van der Waals surface area (Å²) in [4.78, 5) is 16.7. The summed E-state index contributed by atoms with van der Waals surface area (Å²) in [6, 6.07) is 22.0. The van der Waals surface area contributed by atoms with Crippen molar-refractivity contribution in [3.05, 3.63) is 78.4 Å². The molecule has 2 aromatic heterocycles. The lowest BCUT2D eigenvalue weighted by Crippen LogP contribution is -2.24. The predicted octanol–water partition coefficient (Wildman–Crippen LogP) is 3.44. The Bertz CT molecular complexity index is 1340. The maximum atomic E-state index is 11.9. The van der Waals surface area contributed by atoms with Crippen molar-refractivity contribution in [2.75, 3.05) is 6.61 Å². The third-order valence-electron chi connectivity index (χ3n) is 4.69. The molecule has 0 spiro atoms. The highest BCUT2D eigenvalue weighted by Gasteiger charge is 2.17. The van der Waals surface area contributed by atoms with Gasteiger partial charge in [0.1, 0.15) is 11.0 Å². The lowest BCUT2D eigenvalue weighted by Gasteiger charge is -2.08. The average Bonchev–Trinajstić information content (AvgIpc) is 3.43. The van der Waals surface area contributed by atoms with Gasteiger partial charge in [-0.25, -0.2) is 9.79 Å². The molecule has 0 aliphatic carbocycles. The normalized spacial score (nSPS) is 11.0. The van der Waals surface area contributed by atoms with E-state index in [1.807, 2.05) is 48.5 Å². The highest BCUT2D eigenvalue weighted by atomic mass is 16.5. The van der Waals surface area contributed by atoms with Crippen LogP contribution in [0.1, 0.15) is 17.3 Å². The second kappa shape index (κ2) is 7.79. The van der Waals surface area contributed by atoms with Gasteiger partial charge in [0.25, 0.3) is 5.96 Å². The van der Waals surface area contributed by atoms with Crippen LogP contribution in [0.25, 0.3) is 22.1 Å². The third kappa shape index (κ3) is 3.42. The summed E-state index contributed by atoms with van der Waals surface area (Å²) in [5.41, 5.74) is 4.10.